The number of aromatic nitrogens is 3. The van der Waals surface area contributed by atoms with E-state index in [2.05, 4.69) is 42.9 Å². The number of methoxy groups -OCH3 is 1. The molecule has 2 rings (SSSR count). The molecule has 18 heavy (non-hydrogen) atoms. The van der Waals surface area contributed by atoms with Crippen LogP contribution in [0.25, 0.3) is 0 Å². The lowest BCUT2D eigenvalue weighted by Gasteiger charge is -2.08. The summed E-state index contributed by atoms with van der Waals surface area (Å²) in [6.07, 6.45) is 0. The second-order valence-corrected chi connectivity index (χ2v) is 4.85. The number of nitrogens with zero attached hydrogens (tertiary/aromatic N) is 3. The summed E-state index contributed by atoms with van der Waals surface area (Å²) in [6.45, 7) is 0. The molecule has 0 aliphatic carbocycles. The Morgan fingerprint density at radius 3 is 2.78 bits per heavy atom. The quantitative estimate of drug-likeness (QED) is 0.799. The van der Waals surface area contributed by atoms with Crippen LogP contribution in [0.5, 0.6) is 6.01 Å². The van der Waals surface area contributed by atoms with Crippen LogP contribution >= 0.6 is 34.2 Å². The number of nitrogens with two attached hydrogens (primary N) is 1. The predicted molar refractivity (Wildman–Crippen MR) is 78.2 cm³/mol. The third-order valence-electron chi connectivity index (χ3n) is 1.99. The van der Waals surface area contributed by atoms with Gasteiger partial charge >= 0.3 is 6.01 Å². The molecular weight excluding hydrogens is 369 g/mol. The Morgan fingerprint density at radius 2 is 2.11 bits per heavy atom. The van der Waals surface area contributed by atoms with Gasteiger partial charge in [-0.25, -0.2) is 0 Å². The lowest BCUT2D eigenvalue weighted by molar-refractivity contribution is 0.380. The lowest BCUT2D eigenvalue weighted by atomic mass is 10.3. The highest BCUT2D eigenvalue weighted by atomic mass is 127. The van der Waals surface area contributed by atoms with Gasteiger partial charge in [0.05, 0.1) is 12.8 Å². The standard InChI is InChI=1S/C10H9ClIN5O/c1-18-10-16-8(13)15-9(17-10)14-7-3-2-5(11)4-6(7)12/h2-4H,1H3,(H3,13,14,15,16,17). The van der Waals surface area contributed by atoms with Gasteiger partial charge in [0.25, 0.3) is 0 Å². The van der Waals surface area contributed by atoms with Crippen LogP contribution in [0.3, 0.4) is 0 Å². The van der Waals surface area contributed by atoms with E-state index in [1.165, 1.54) is 7.11 Å². The summed E-state index contributed by atoms with van der Waals surface area (Å²) in [7, 11) is 1.46. The first-order valence-corrected chi connectivity index (χ1v) is 6.32. The minimum Gasteiger partial charge on any atom is -0.467 e. The lowest BCUT2D eigenvalue weighted by Crippen LogP contribution is -2.05. The van der Waals surface area contributed by atoms with Crippen LogP contribution in [0, 0.1) is 3.57 Å². The van der Waals surface area contributed by atoms with E-state index in [1.54, 1.807) is 6.07 Å². The SMILES string of the molecule is COc1nc(N)nc(Nc2ccc(Cl)cc2I)n1. The van der Waals surface area contributed by atoms with Crippen LogP contribution in [-0.2, 0) is 0 Å². The Morgan fingerprint density at radius 1 is 1.33 bits per heavy atom. The van der Waals surface area contributed by atoms with Gasteiger partial charge in [-0.05, 0) is 40.8 Å². The van der Waals surface area contributed by atoms with E-state index in [1.807, 2.05) is 12.1 Å². The highest BCUT2D eigenvalue weighted by Gasteiger charge is 2.07. The van der Waals surface area contributed by atoms with Crippen molar-refractivity contribution in [3.05, 3.63) is 26.8 Å². The van der Waals surface area contributed by atoms with Gasteiger partial charge in [-0.3, -0.25) is 0 Å². The second kappa shape index (κ2) is 5.53. The van der Waals surface area contributed by atoms with Gasteiger partial charge in [0.2, 0.25) is 11.9 Å². The van der Waals surface area contributed by atoms with Gasteiger partial charge in [0.1, 0.15) is 0 Å². The molecule has 1 heterocycles. The Bertz CT molecular complexity index is 580. The molecule has 0 saturated heterocycles. The minimum atomic E-state index is 0.0910. The van der Waals surface area contributed by atoms with E-state index in [-0.39, 0.29) is 12.0 Å². The smallest absolute Gasteiger partial charge is 0.322 e. The van der Waals surface area contributed by atoms with Crippen LogP contribution < -0.4 is 15.8 Å². The zero-order chi connectivity index (χ0) is 13.1. The minimum absolute atomic E-state index is 0.0910. The zero-order valence-electron chi connectivity index (χ0n) is 9.32. The highest BCUT2D eigenvalue weighted by molar-refractivity contribution is 14.1. The Hall–Kier alpha value is -1.35. The molecule has 1 aromatic heterocycles. The summed E-state index contributed by atoms with van der Waals surface area (Å²) in [5, 5.41) is 3.69. The van der Waals surface area contributed by atoms with Crippen LogP contribution in [0.15, 0.2) is 18.2 Å². The fourth-order valence-corrected chi connectivity index (χ4v) is 2.24. The summed E-state index contributed by atoms with van der Waals surface area (Å²) >= 11 is 8.04. The van der Waals surface area contributed by atoms with Gasteiger partial charge in [-0.15, -0.1) is 0 Å². The normalized spacial score (nSPS) is 10.2. The molecule has 0 spiro atoms. The van der Waals surface area contributed by atoms with Crippen molar-refractivity contribution in [2.45, 2.75) is 0 Å². The van der Waals surface area contributed by atoms with Crippen molar-refractivity contribution in [1.29, 1.82) is 0 Å². The maximum atomic E-state index is 5.88. The summed E-state index contributed by atoms with van der Waals surface area (Å²) in [5.74, 6) is 0.410. The van der Waals surface area contributed by atoms with Crippen molar-refractivity contribution in [3.63, 3.8) is 0 Å². The number of nitrogen functional groups attached to an aromatic ring is 1. The van der Waals surface area contributed by atoms with Gasteiger partial charge in [-0.2, -0.15) is 15.0 Å². The molecule has 1 aromatic carbocycles. The van der Waals surface area contributed by atoms with Crippen LogP contribution in [-0.4, -0.2) is 22.1 Å². The molecule has 8 heteroatoms. The van der Waals surface area contributed by atoms with Crippen molar-refractivity contribution in [1.82, 2.24) is 15.0 Å². The van der Waals surface area contributed by atoms with Gasteiger partial charge in [-0.1, -0.05) is 11.6 Å². The number of nitrogens with one attached hydrogen (secondary N) is 1. The Kier molecular flexibility index (Phi) is 4.02. The Labute approximate surface area is 122 Å². The number of halogens is 2. The third kappa shape index (κ3) is 3.10. The third-order valence-corrected chi connectivity index (χ3v) is 3.12. The summed E-state index contributed by atoms with van der Waals surface area (Å²) in [4.78, 5) is 11.8. The molecule has 0 radical (unpaired) electrons. The van der Waals surface area contributed by atoms with Crippen LogP contribution in [0.2, 0.25) is 5.02 Å². The van der Waals surface area contributed by atoms with Crippen molar-refractivity contribution in [2.24, 2.45) is 0 Å². The molecular formula is C10H9ClIN5O. The first-order chi connectivity index (χ1) is 8.58. The van der Waals surface area contributed by atoms with Gasteiger partial charge in [0.15, 0.2) is 0 Å². The Balaban J connectivity index is 2.30. The fourth-order valence-electron chi connectivity index (χ4n) is 1.23. The number of anilines is 3. The average molecular weight is 378 g/mol. The van der Waals surface area contributed by atoms with Crippen molar-refractivity contribution in [2.75, 3.05) is 18.2 Å². The number of ether oxygens (including phenoxy) is 1. The summed E-state index contributed by atoms with van der Waals surface area (Å²) < 4.78 is 5.86. The van der Waals surface area contributed by atoms with E-state index in [4.69, 9.17) is 22.1 Å². The van der Waals surface area contributed by atoms with Gasteiger partial charge in [0, 0.05) is 8.59 Å². The molecule has 3 N–H and O–H groups in total. The highest BCUT2D eigenvalue weighted by Crippen LogP contribution is 2.24. The van der Waals surface area contributed by atoms with E-state index in [0.717, 1.165) is 9.26 Å². The molecule has 0 saturated carbocycles. The predicted octanol–water partition coefficient (Wildman–Crippen LogP) is 2.46. The van der Waals surface area contributed by atoms with Crippen molar-refractivity contribution < 1.29 is 4.74 Å². The number of rotatable bonds is 3. The second-order valence-electron chi connectivity index (χ2n) is 3.25. The van der Waals surface area contributed by atoms with E-state index < -0.39 is 0 Å². The molecule has 2 aromatic rings. The fraction of sp³-hybridized carbons (Fsp3) is 0.100. The first-order valence-electron chi connectivity index (χ1n) is 4.86. The average Bonchev–Trinajstić information content (AvgIpc) is 2.32. The van der Waals surface area contributed by atoms with Crippen LogP contribution in [0.4, 0.5) is 17.6 Å². The maximum absolute atomic E-state index is 5.88. The summed E-state index contributed by atoms with van der Waals surface area (Å²) in [5.41, 5.74) is 6.37. The number of hydrogen-bond donors (Lipinski definition) is 2. The molecule has 0 fully saturated rings. The van der Waals surface area contributed by atoms with Crippen LogP contribution in [0.1, 0.15) is 0 Å². The van der Waals surface area contributed by atoms with E-state index >= 15 is 0 Å². The molecule has 0 bridgehead atoms. The van der Waals surface area contributed by atoms with Crippen molar-refractivity contribution in [3.8, 4) is 6.01 Å². The molecule has 0 amide bonds. The number of benzene rings is 1. The van der Waals surface area contributed by atoms with Crippen molar-refractivity contribution >= 4 is 51.8 Å². The van der Waals surface area contributed by atoms with Gasteiger partial charge < -0.3 is 15.8 Å². The molecule has 6 nitrogen and oxygen atoms in total. The monoisotopic (exact) mass is 377 g/mol. The molecule has 94 valence electrons. The molecule has 0 aliphatic heterocycles. The maximum Gasteiger partial charge on any atom is 0.322 e. The topological polar surface area (TPSA) is 86.0 Å². The molecule has 0 aliphatic rings. The molecule has 0 atom stereocenters. The first kappa shape index (κ1) is 13.1. The largest absolute Gasteiger partial charge is 0.467 e. The summed E-state index contributed by atoms with van der Waals surface area (Å²) in [6, 6.07) is 5.59. The number of hydrogen-bond acceptors (Lipinski definition) is 6. The zero-order valence-corrected chi connectivity index (χ0v) is 12.2. The van der Waals surface area contributed by atoms with E-state index in [0.29, 0.717) is 11.0 Å². The molecule has 0 unspecified atom stereocenters. The van der Waals surface area contributed by atoms with E-state index in [9.17, 15) is 0 Å².